The summed E-state index contributed by atoms with van der Waals surface area (Å²) in [6.07, 6.45) is 3.13. The van der Waals surface area contributed by atoms with Gasteiger partial charge in [0, 0.05) is 49.8 Å². The molecule has 0 bridgehead atoms. The number of piperidine rings is 3. The van der Waals surface area contributed by atoms with E-state index in [1.54, 1.807) is 36.4 Å². The molecule has 4 aliphatic heterocycles. The number of anilines is 1. The number of fused-ring (bicyclic) bond motifs is 2. The molecule has 0 radical (unpaired) electrons. The molecule has 3 fully saturated rings. The fraction of sp³-hybridized carbons (Fsp3) is 0.349. The molecule has 2 atom stereocenters. The van der Waals surface area contributed by atoms with Gasteiger partial charge in [0.05, 0.1) is 18.8 Å². The number of aromatic nitrogens is 4. The average Bonchev–Trinajstić information content (AvgIpc) is 3.71. The molecule has 1 unspecified atom stereocenters. The summed E-state index contributed by atoms with van der Waals surface area (Å²) in [6, 6.07) is 19.2. The van der Waals surface area contributed by atoms with Gasteiger partial charge in [-0.15, -0.1) is 0 Å². The third-order valence-electron chi connectivity index (χ3n) is 11.8. The van der Waals surface area contributed by atoms with Crippen molar-refractivity contribution < 1.29 is 27.9 Å². The average molecular weight is 802 g/mol. The highest BCUT2D eigenvalue weighted by Crippen LogP contribution is 2.40. The van der Waals surface area contributed by atoms with E-state index in [-0.39, 0.29) is 54.2 Å². The Morgan fingerprint density at radius 2 is 1.66 bits per heavy atom. The standard InChI is InChI=1S/C43H41F2N9O5/c44-43(45)25-51(29-16-20-50(21-17-29)19-4-5-27-8-13-33-28(23-27)24-52(41(33)57)34-14-15-36(55)49-40(34)56)22-18-35(43)54-39-37(38(46)47-26-48-39)53(42(54)58)30-9-11-32(12-10-30)59-31-6-2-1-3-7-31/h1-3,6-13,23,26,29,34-35H,14-22,24-25H2,(H2,46,47,48)(H,49,55,56)/t34?,35-/m1/s1. The third-order valence-corrected chi connectivity index (χ3v) is 11.8. The number of nitrogens with two attached hydrogens (primary N) is 1. The molecule has 0 aliphatic carbocycles. The van der Waals surface area contributed by atoms with Crippen LogP contribution in [-0.4, -0.2) is 102 Å². The molecule has 2 aromatic heterocycles. The van der Waals surface area contributed by atoms with Crippen molar-refractivity contribution in [2.75, 3.05) is 38.5 Å². The zero-order chi connectivity index (χ0) is 40.8. The molecular formula is C43H41F2N9O5. The number of nitrogens with one attached hydrogen (secondary N) is 1. The largest absolute Gasteiger partial charge is 0.457 e. The number of nitrogen functional groups attached to an aromatic ring is 1. The van der Waals surface area contributed by atoms with Gasteiger partial charge >= 0.3 is 5.69 Å². The Morgan fingerprint density at radius 3 is 2.41 bits per heavy atom. The number of carbonyl (C=O) groups is 3. The maximum Gasteiger partial charge on any atom is 0.335 e. The summed E-state index contributed by atoms with van der Waals surface area (Å²) in [5, 5.41) is 2.32. The number of alkyl halides is 2. The minimum atomic E-state index is -3.24. The highest BCUT2D eigenvalue weighted by molar-refractivity contribution is 6.05. The van der Waals surface area contributed by atoms with Crippen molar-refractivity contribution in [1.29, 1.82) is 0 Å². The number of imidazole rings is 1. The molecule has 3 saturated heterocycles. The number of ether oxygens (including phenoxy) is 1. The highest BCUT2D eigenvalue weighted by atomic mass is 19.3. The van der Waals surface area contributed by atoms with Crippen LogP contribution in [0, 0.1) is 11.8 Å². The molecule has 9 rings (SSSR count). The summed E-state index contributed by atoms with van der Waals surface area (Å²) in [5.41, 5.74) is 8.33. The van der Waals surface area contributed by atoms with E-state index in [4.69, 9.17) is 10.5 Å². The molecule has 6 heterocycles. The van der Waals surface area contributed by atoms with Crippen LogP contribution in [0.25, 0.3) is 16.9 Å². The van der Waals surface area contributed by atoms with Crippen LogP contribution in [0.15, 0.2) is 83.9 Å². The van der Waals surface area contributed by atoms with Crippen molar-refractivity contribution in [3.8, 4) is 29.0 Å². The maximum atomic E-state index is 16.3. The molecule has 16 heteroatoms. The number of imide groups is 1. The monoisotopic (exact) mass is 801 g/mol. The molecule has 3 aromatic carbocycles. The molecule has 0 spiro atoms. The predicted octanol–water partition coefficient (Wildman–Crippen LogP) is 4.12. The van der Waals surface area contributed by atoms with E-state index in [0.717, 1.165) is 15.7 Å². The molecule has 59 heavy (non-hydrogen) atoms. The normalized spacial score (nSPS) is 21.3. The van der Waals surface area contributed by atoms with Crippen molar-refractivity contribution >= 4 is 34.7 Å². The van der Waals surface area contributed by atoms with E-state index in [0.29, 0.717) is 68.2 Å². The van der Waals surface area contributed by atoms with Crippen molar-refractivity contribution in [2.45, 2.75) is 62.7 Å². The lowest BCUT2D eigenvalue weighted by Gasteiger charge is -2.44. The van der Waals surface area contributed by atoms with Crippen LogP contribution in [0.4, 0.5) is 14.6 Å². The summed E-state index contributed by atoms with van der Waals surface area (Å²) >= 11 is 0. The lowest BCUT2D eigenvalue weighted by Crippen LogP contribution is -2.55. The summed E-state index contributed by atoms with van der Waals surface area (Å²) < 4.78 is 40.9. The van der Waals surface area contributed by atoms with E-state index in [9.17, 15) is 19.2 Å². The lowest BCUT2D eigenvalue weighted by molar-refractivity contribution is -0.136. The van der Waals surface area contributed by atoms with Crippen LogP contribution in [0.1, 0.15) is 59.6 Å². The summed E-state index contributed by atoms with van der Waals surface area (Å²) in [4.78, 5) is 65.1. The van der Waals surface area contributed by atoms with Gasteiger partial charge in [0.15, 0.2) is 11.5 Å². The molecule has 0 saturated carbocycles. The van der Waals surface area contributed by atoms with Crippen molar-refractivity contribution in [2.24, 2.45) is 0 Å². The number of halogens is 2. The summed E-state index contributed by atoms with van der Waals surface area (Å²) in [7, 11) is 0. The minimum Gasteiger partial charge on any atom is -0.457 e. The van der Waals surface area contributed by atoms with Gasteiger partial charge in [-0.05, 0) is 85.8 Å². The topological polar surface area (TPSA) is 161 Å². The highest BCUT2D eigenvalue weighted by Gasteiger charge is 2.49. The van der Waals surface area contributed by atoms with Gasteiger partial charge in [0.2, 0.25) is 11.8 Å². The summed E-state index contributed by atoms with van der Waals surface area (Å²) in [6.45, 7) is 2.08. The van der Waals surface area contributed by atoms with Gasteiger partial charge < -0.3 is 15.4 Å². The third kappa shape index (κ3) is 7.32. The number of benzene rings is 3. The second kappa shape index (κ2) is 15.4. The van der Waals surface area contributed by atoms with Gasteiger partial charge in [-0.1, -0.05) is 30.0 Å². The Labute approximate surface area is 337 Å². The van der Waals surface area contributed by atoms with E-state index < -0.39 is 36.1 Å². The minimum absolute atomic E-state index is 0.00907. The Hall–Kier alpha value is -6.44. The first kappa shape index (κ1) is 38.1. The van der Waals surface area contributed by atoms with Crippen LogP contribution in [0.5, 0.6) is 11.5 Å². The SMILES string of the molecule is Nc1ncnc2c1n(-c1ccc(Oc3ccccc3)cc1)c(=O)n2[C@@H]1CCN(C2CCN(CC#Cc3ccc4c(c3)CN(C3CCC(=O)NC3=O)C4=O)CC2)CC1(F)F. The zero-order valence-corrected chi connectivity index (χ0v) is 32.0. The van der Waals surface area contributed by atoms with Crippen LogP contribution < -0.4 is 21.5 Å². The number of likely N-dealkylation sites (tertiary alicyclic amines) is 2. The predicted molar refractivity (Wildman–Crippen MR) is 213 cm³/mol. The zero-order valence-electron chi connectivity index (χ0n) is 32.0. The van der Waals surface area contributed by atoms with Crippen LogP contribution in [0.3, 0.4) is 0 Å². The van der Waals surface area contributed by atoms with Crippen LogP contribution in [0.2, 0.25) is 0 Å². The van der Waals surface area contributed by atoms with Gasteiger partial charge in [-0.25, -0.2) is 23.5 Å². The Morgan fingerprint density at radius 1 is 0.898 bits per heavy atom. The van der Waals surface area contributed by atoms with E-state index in [1.807, 2.05) is 41.3 Å². The molecule has 5 aromatic rings. The first-order valence-electron chi connectivity index (χ1n) is 19.7. The molecular weight excluding hydrogens is 761 g/mol. The van der Waals surface area contributed by atoms with Gasteiger partial charge in [-0.2, -0.15) is 0 Å². The molecule has 4 aliphatic rings. The number of carbonyl (C=O) groups excluding carboxylic acids is 3. The van der Waals surface area contributed by atoms with E-state index in [1.165, 1.54) is 15.8 Å². The van der Waals surface area contributed by atoms with Crippen LogP contribution >= 0.6 is 0 Å². The number of para-hydroxylation sites is 1. The van der Waals surface area contributed by atoms with Crippen molar-refractivity contribution in [3.05, 3.63) is 106 Å². The number of nitrogens with zero attached hydrogens (tertiary/aromatic N) is 7. The lowest BCUT2D eigenvalue weighted by atomic mass is 9.95. The van der Waals surface area contributed by atoms with Crippen LogP contribution in [-0.2, 0) is 16.1 Å². The first-order chi connectivity index (χ1) is 28.5. The second-order valence-corrected chi connectivity index (χ2v) is 15.4. The maximum absolute atomic E-state index is 16.3. The van der Waals surface area contributed by atoms with Crippen molar-refractivity contribution in [3.63, 3.8) is 0 Å². The first-order valence-corrected chi connectivity index (χ1v) is 19.7. The number of hydrogen-bond donors (Lipinski definition) is 2. The number of amides is 3. The smallest absolute Gasteiger partial charge is 0.335 e. The van der Waals surface area contributed by atoms with Gasteiger partial charge in [-0.3, -0.25) is 38.6 Å². The molecule has 3 amide bonds. The number of rotatable bonds is 7. The molecule has 302 valence electrons. The van der Waals surface area contributed by atoms with Crippen molar-refractivity contribution in [1.82, 2.24) is 39.1 Å². The number of hydrogen-bond acceptors (Lipinski definition) is 10. The Kier molecular flexibility index (Phi) is 9.93. The Balaban J connectivity index is 0.829. The fourth-order valence-corrected chi connectivity index (χ4v) is 8.81. The summed E-state index contributed by atoms with van der Waals surface area (Å²) in [5.74, 6) is 3.36. The van der Waals surface area contributed by atoms with E-state index in [2.05, 4.69) is 32.0 Å². The fourth-order valence-electron chi connectivity index (χ4n) is 8.81. The quantitative estimate of drug-likeness (QED) is 0.181. The second-order valence-electron chi connectivity index (χ2n) is 15.4. The molecule has 3 N–H and O–H groups in total. The van der Waals surface area contributed by atoms with Gasteiger partial charge in [0.1, 0.15) is 35.4 Å². The van der Waals surface area contributed by atoms with Gasteiger partial charge in [0.25, 0.3) is 11.8 Å². The molecule has 14 nitrogen and oxygen atoms in total. The Bertz CT molecular complexity index is 2580. The van der Waals surface area contributed by atoms with E-state index >= 15 is 8.78 Å².